The highest BCUT2D eigenvalue weighted by Gasteiger charge is 2.26. The zero-order chi connectivity index (χ0) is 14.3. The number of amides is 1. The Morgan fingerprint density at radius 2 is 2.15 bits per heavy atom. The molecule has 1 aliphatic heterocycles. The van der Waals surface area contributed by atoms with Gasteiger partial charge < -0.3 is 15.4 Å². The van der Waals surface area contributed by atoms with E-state index in [2.05, 4.69) is 5.10 Å². The first-order valence-electron chi connectivity index (χ1n) is 6.35. The lowest BCUT2D eigenvalue weighted by molar-refractivity contribution is -0.119. The highest BCUT2D eigenvalue weighted by Crippen LogP contribution is 2.34. The van der Waals surface area contributed by atoms with Gasteiger partial charge in [-0.3, -0.25) is 9.48 Å². The number of hydrogen-bond acceptors (Lipinski definition) is 4. The van der Waals surface area contributed by atoms with E-state index in [4.69, 9.17) is 10.5 Å². The number of fused-ring (bicyclic) bond motifs is 1. The van der Waals surface area contributed by atoms with E-state index in [9.17, 15) is 4.79 Å². The van der Waals surface area contributed by atoms with Gasteiger partial charge in [0.05, 0.1) is 11.9 Å². The molecule has 0 fully saturated rings. The van der Waals surface area contributed by atoms with Gasteiger partial charge in [-0.1, -0.05) is 6.07 Å². The highest BCUT2D eigenvalue weighted by molar-refractivity contribution is 5.99. The molecule has 1 unspecified atom stereocenters. The molecular formula is C14H16N4O2. The van der Waals surface area contributed by atoms with E-state index < -0.39 is 6.04 Å². The van der Waals surface area contributed by atoms with Crippen molar-refractivity contribution in [1.82, 2.24) is 9.78 Å². The lowest BCUT2D eigenvalue weighted by Gasteiger charge is -2.18. The molecule has 3 rings (SSSR count). The topological polar surface area (TPSA) is 73.4 Å². The number of benzene rings is 1. The Hall–Kier alpha value is -2.34. The Morgan fingerprint density at radius 1 is 1.35 bits per heavy atom. The standard InChI is InChI=1S/C14H16N4O2/c1-17-7-10(6-16-17)9-3-4-13-12(5-9)18(2)14(19)11(15)8-20-13/h3-7,11H,8,15H2,1-2H3. The van der Waals surface area contributed by atoms with E-state index in [0.29, 0.717) is 5.75 Å². The van der Waals surface area contributed by atoms with Crippen LogP contribution < -0.4 is 15.4 Å². The van der Waals surface area contributed by atoms with Gasteiger partial charge in [0.2, 0.25) is 5.91 Å². The third-order valence-electron chi connectivity index (χ3n) is 3.42. The molecule has 0 saturated carbocycles. The van der Waals surface area contributed by atoms with Gasteiger partial charge in [0, 0.05) is 25.9 Å². The summed E-state index contributed by atoms with van der Waals surface area (Å²) in [4.78, 5) is 13.6. The van der Waals surface area contributed by atoms with Gasteiger partial charge in [-0.2, -0.15) is 5.10 Å². The fraction of sp³-hybridized carbons (Fsp3) is 0.286. The van der Waals surface area contributed by atoms with Crippen molar-refractivity contribution in [3.8, 4) is 16.9 Å². The van der Waals surface area contributed by atoms with Gasteiger partial charge in [0.15, 0.2) is 0 Å². The maximum atomic E-state index is 12.1. The zero-order valence-electron chi connectivity index (χ0n) is 11.4. The Bertz CT molecular complexity index is 665. The van der Waals surface area contributed by atoms with Crippen molar-refractivity contribution in [2.45, 2.75) is 6.04 Å². The van der Waals surface area contributed by atoms with Crippen molar-refractivity contribution in [2.24, 2.45) is 12.8 Å². The number of carbonyl (C=O) groups excluding carboxylic acids is 1. The molecule has 1 aromatic carbocycles. The van der Waals surface area contributed by atoms with Crippen LogP contribution in [0.4, 0.5) is 5.69 Å². The largest absolute Gasteiger partial charge is 0.489 e. The number of ether oxygens (including phenoxy) is 1. The van der Waals surface area contributed by atoms with E-state index in [-0.39, 0.29) is 12.5 Å². The minimum absolute atomic E-state index is 0.146. The average Bonchev–Trinajstić information content (AvgIpc) is 2.85. The van der Waals surface area contributed by atoms with Gasteiger partial charge >= 0.3 is 0 Å². The Labute approximate surface area is 116 Å². The maximum Gasteiger partial charge on any atom is 0.247 e. The third-order valence-corrected chi connectivity index (χ3v) is 3.42. The first-order valence-corrected chi connectivity index (χ1v) is 6.35. The number of aryl methyl sites for hydroxylation is 1. The summed E-state index contributed by atoms with van der Waals surface area (Å²) in [5.41, 5.74) is 8.47. The van der Waals surface area contributed by atoms with E-state index >= 15 is 0 Å². The van der Waals surface area contributed by atoms with E-state index in [0.717, 1.165) is 16.8 Å². The summed E-state index contributed by atoms with van der Waals surface area (Å²) >= 11 is 0. The van der Waals surface area contributed by atoms with Crippen LogP contribution in [0.2, 0.25) is 0 Å². The number of nitrogens with zero attached hydrogens (tertiary/aromatic N) is 3. The predicted octanol–water partition coefficient (Wildman–Crippen LogP) is 0.770. The summed E-state index contributed by atoms with van der Waals surface area (Å²) in [6, 6.07) is 5.10. The summed E-state index contributed by atoms with van der Waals surface area (Å²) in [5.74, 6) is 0.522. The first kappa shape index (κ1) is 12.7. The van der Waals surface area contributed by atoms with Crippen molar-refractivity contribution < 1.29 is 9.53 Å². The van der Waals surface area contributed by atoms with Crippen LogP contribution >= 0.6 is 0 Å². The highest BCUT2D eigenvalue weighted by atomic mass is 16.5. The molecule has 1 aromatic heterocycles. The molecule has 1 aliphatic rings. The second kappa shape index (κ2) is 4.64. The SMILES string of the molecule is CN1C(=O)C(N)COc2ccc(-c3cnn(C)c3)cc21. The van der Waals surface area contributed by atoms with Crippen molar-refractivity contribution in [3.05, 3.63) is 30.6 Å². The minimum Gasteiger partial charge on any atom is -0.489 e. The second-order valence-corrected chi connectivity index (χ2v) is 4.90. The van der Waals surface area contributed by atoms with Crippen LogP contribution in [0.25, 0.3) is 11.1 Å². The minimum atomic E-state index is -0.630. The molecule has 2 heterocycles. The zero-order valence-corrected chi connectivity index (χ0v) is 11.4. The fourth-order valence-corrected chi connectivity index (χ4v) is 2.27. The molecule has 0 radical (unpaired) electrons. The van der Waals surface area contributed by atoms with Crippen molar-refractivity contribution in [1.29, 1.82) is 0 Å². The first-order chi connectivity index (χ1) is 9.56. The smallest absolute Gasteiger partial charge is 0.247 e. The van der Waals surface area contributed by atoms with Crippen molar-refractivity contribution >= 4 is 11.6 Å². The van der Waals surface area contributed by atoms with Gasteiger partial charge in [-0.05, 0) is 17.7 Å². The number of nitrogens with two attached hydrogens (primary N) is 1. The molecule has 6 nitrogen and oxygen atoms in total. The molecule has 104 valence electrons. The number of likely N-dealkylation sites (N-methyl/N-ethyl adjacent to an activating group) is 1. The summed E-state index contributed by atoms with van der Waals surface area (Å²) in [7, 11) is 3.58. The van der Waals surface area contributed by atoms with Crippen LogP contribution in [0.15, 0.2) is 30.6 Å². The second-order valence-electron chi connectivity index (χ2n) is 4.90. The number of anilines is 1. The van der Waals surface area contributed by atoms with Crippen molar-refractivity contribution in [2.75, 3.05) is 18.6 Å². The van der Waals surface area contributed by atoms with Crippen LogP contribution in [0, 0.1) is 0 Å². The number of aromatic nitrogens is 2. The third kappa shape index (κ3) is 2.04. The molecule has 20 heavy (non-hydrogen) atoms. The summed E-state index contributed by atoms with van der Waals surface area (Å²) in [6.07, 6.45) is 3.71. The molecule has 2 aromatic rings. The molecule has 2 N–H and O–H groups in total. The molecular weight excluding hydrogens is 256 g/mol. The Kier molecular flexibility index (Phi) is 2.94. The number of hydrogen-bond donors (Lipinski definition) is 1. The Morgan fingerprint density at radius 3 is 2.85 bits per heavy atom. The van der Waals surface area contributed by atoms with E-state index in [1.807, 2.05) is 31.4 Å². The average molecular weight is 272 g/mol. The molecule has 0 spiro atoms. The van der Waals surface area contributed by atoms with Crippen molar-refractivity contribution in [3.63, 3.8) is 0 Å². The fourth-order valence-electron chi connectivity index (χ4n) is 2.27. The van der Waals surface area contributed by atoms with Crippen LogP contribution in [0.3, 0.4) is 0 Å². The molecule has 0 saturated heterocycles. The Balaban J connectivity index is 2.06. The summed E-state index contributed by atoms with van der Waals surface area (Å²) in [5, 5.41) is 4.15. The summed E-state index contributed by atoms with van der Waals surface area (Å²) < 4.78 is 7.33. The quantitative estimate of drug-likeness (QED) is 0.832. The molecule has 1 atom stereocenters. The lowest BCUT2D eigenvalue weighted by Crippen LogP contribution is -2.43. The molecule has 6 heteroatoms. The number of carbonyl (C=O) groups is 1. The summed E-state index contributed by atoms with van der Waals surface area (Å²) in [6.45, 7) is 0.197. The van der Waals surface area contributed by atoms with E-state index in [1.54, 1.807) is 22.8 Å². The van der Waals surface area contributed by atoms with Gasteiger partial charge in [0.1, 0.15) is 18.4 Å². The molecule has 0 aliphatic carbocycles. The number of rotatable bonds is 1. The predicted molar refractivity (Wildman–Crippen MR) is 75.5 cm³/mol. The lowest BCUT2D eigenvalue weighted by atomic mass is 10.1. The normalized spacial score (nSPS) is 18.4. The van der Waals surface area contributed by atoms with Gasteiger partial charge in [0.25, 0.3) is 0 Å². The van der Waals surface area contributed by atoms with E-state index in [1.165, 1.54) is 0 Å². The van der Waals surface area contributed by atoms with Crippen LogP contribution in [-0.2, 0) is 11.8 Å². The molecule has 0 bridgehead atoms. The van der Waals surface area contributed by atoms with Gasteiger partial charge in [-0.25, -0.2) is 0 Å². The van der Waals surface area contributed by atoms with Crippen LogP contribution in [-0.4, -0.2) is 35.4 Å². The maximum absolute atomic E-state index is 12.1. The monoisotopic (exact) mass is 272 g/mol. The van der Waals surface area contributed by atoms with Crippen LogP contribution in [0.5, 0.6) is 5.75 Å². The van der Waals surface area contributed by atoms with Crippen LogP contribution in [0.1, 0.15) is 0 Å². The molecule has 1 amide bonds. The van der Waals surface area contributed by atoms with Gasteiger partial charge in [-0.15, -0.1) is 0 Å².